The number of rotatable bonds is 54. The maximum absolute atomic E-state index is 12.9. The van der Waals surface area contributed by atoms with E-state index in [1.807, 2.05) is 12.2 Å². The predicted molar refractivity (Wildman–Crippen MR) is 334 cm³/mol. The Morgan fingerprint density at radius 1 is 0.273 bits per heavy atom. The highest BCUT2D eigenvalue weighted by molar-refractivity contribution is 5.71. The summed E-state index contributed by atoms with van der Waals surface area (Å²) in [5.41, 5.74) is 0. The van der Waals surface area contributed by atoms with E-state index >= 15 is 0 Å². The van der Waals surface area contributed by atoms with Crippen molar-refractivity contribution in [1.29, 1.82) is 0 Å². The van der Waals surface area contributed by atoms with Gasteiger partial charge in [0.05, 0.1) is 0 Å². The van der Waals surface area contributed by atoms with E-state index in [2.05, 4.69) is 167 Å². The minimum atomic E-state index is -0.834. The lowest BCUT2D eigenvalue weighted by Crippen LogP contribution is -2.30. The van der Waals surface area contributed by atoms with Gasteiger partial charge in [0.15, 0.2) is 6.10 Å². The Kier molecular flexibility index (Phi) is 59.5. The van der Waals surface area contributed by atoms with Crippen LogP contribution < -0.4 is 0 Å². The van der Waals surface area contributed by atoms with Crippen LogP contribution in [-0.2, 0) is 28.6 Å². The largest absolute Gasteiger partial charge is 0.462 e. The summed E-state index contributed by atoms with van der Waals surface area (Å²) in [5.74, 6) is -1.03. The zero-order chi connectivity index (χ0) is 55.7. The fraction of sp³-hybridized carbons (Fsp3) is 0.592. The van der Waals surface area contributed by atoms with E-state index in [4.69, 9.17) is 14.2 Å². The quantitative estimate of drug-likeness (QED) is 0.0261. The number of carbonyl (C=O) groups is 3. The molecule has 77 heavy (non-hydrogen) atoms. The molecule has 0 rings (SSSR count). The number of carbonyl (C=O) groups excluding carboxylic acids is 3. The lowest BCUT2D eigenvalue weighted by Gasteiger charge is -2.18. The second kappa shape index (κ2) is 63.6. The minimum absolute atomic E-state index is 0.121. The van der Waals surface area contributed by atoms with Crippen LogP contribution in [0.4, 0.5) is 0 Å². The van der Waals surface area contributed by atoms with Crippen LogP contribution in [0.25, 0.3) is 0 Å². The van der Waals surface area contributed by atoms with Crippen LogP contribution in [0, 0.1) is 0 Å². The number of hydrogen-bond acceptors (Lipinski definition) is 6. The van der Waals surface area contributed by atoms with Crippen molar-refractivity contribution < 1.29 is 28.6 Å². The van der Waals surface area contributed by atoms with Gasteiger partial charge in [-0.2, -0.15) is 0 Å². The van der Waals surface area contributed by atoms with Crippen molar-refractivity contribution in [2.45, 2.75) is 258 Å². The maximum atomic E-state index is 12.9. The van der Waals surface area contributed by atoms with Crippen molar-refractivity contribution in [3.8, 4) is 0 Å². The Hall–Kier alpha value is -4.97. The van der Waals surface area contributed by atoms with Gasteiger partial charge in [0.2, 0.25) is 0 Å². The van der Waals surface area contributed by atoms with Gasteiger partial charge >= 0.3 is 17.9 Å². The molecular formula is C71H112O6. The number of allylic oxidation sites excluding steroid dienone is 26. The summed E-state index contributed by atoms with van der Waals surface area (Å²) in [6, 6.07) is 0. The molecule has 0 bridgehead atoms. The fourth-order valence-electron chi connectivity index (χ4n) is 7.94. The molecule has 0 aliphatic heterocycles. The summed E-state index contributed by atoms with van der Waals surface area (Å²) >= 11 is 0. The third kappa shape index (κ3) is 61.8. The van der Waals surface area contributed by atoms with Gasteiger partial charge < -0.3 is 14.2 Å². The fourth-order valence-corrected chi connectivity index (χ4v) is 7.94. The molecule has 0 aromatic heterocycles. The van der Waals surface area contributed by atoms with Crippen LogP contribution >= 0.6 is 0 Å². The second-order valence-electron chi connectivity index (χ2n) is 19.8. The Morgan fingerprint density at radius 3 is 0.857 bits per heavy atom. The van der Waals surface area contributed by atoms with Crippen LogP contribution in [0.1, 0.15) is 252 Å². The summed E-state index contributed by atoms with van der Waals surface area (Å²) in [7, 11) is 0. The van der Waals surface area contributed by atoms with E-state index < -0.39 is 12.1 Å². The van der Waals surface area contributed by atoms with E-state index in [0.717, 1.165) is 135 Å². The van der Waals surface area contributed by atoms with Gasteiger partial charge in [0.1, 0.15) is 13.2 Å². The van der Waals surface area contributed by atoms with E-state index in [0.29, 0.717) is 19.3 Å². The van der Waals surface area contributed by atoms with Crippen molar-refractivity contribution in [2.24, 2.45) is 0 Å². The molecule has 6 nitrogen and oxygen atoms in total. The molecule has 1 atom stereocenters. The zero-order valence-electron chi connectivity index (χ0n) is 49.4. The molecule has 432 valence electrons. The summed E-state index contributed by atoms with van der Waals surface area (Å²) in [6.45, 7) is 6.31. The van der Waals surface area contributed by atoms with Crippen LogP contribution in [-0.4, -0.2) is 37.2 Å². The highest BCUT2D eigenvalue weighted by Crippen LogP contribution is 2.14. The van der Waals surface area contributed by atoms with Crippen molar-refractivity contribution >= 4 is 17.9 Å². The third-order valence-electron chi connectivity index (χ3n) is 12.5. The molecule has 0 saturated carbocycles. The molecule has 6 heteroatoms. The number of esters is 3. The molecule has 0 amide bonds. The van der Waals surface area contributed by atoms with Crippen LogP contribution in [0.3, 0.4) is 0 Å². The van der Waals surface area contributed by atoms with Crippen LogP contribution in [0.15, 0.2) is 158 Å². The molecule has 0 fully saturated rings. The van der Waals surface area contributed by atoms with E-state index in [1.54, 1.807) is 0 Å². The Morgan fingerprint density at radius 2 is 0.532 bits per heavy atom. The smallest absolute Gasteiger partial charge is 0.306 e. The second-order valence-corrected chi connectivity index (χ2v) is 19.8. The predicted octanol–water partition coefficient (Wildman–Crippen LogP) is 21.3. The van der Waals surface area contributed by atoms with E-state index in [9.17, 15) is 14.4 Å². The summed E-state index contributed by atoms with van der Waals surface area (Å²) < 4.78 is 16.8. The molecule has 0 radical (unpaired) electrons. The highest BCUT2D eigenvalue weighted by atomic mass is 16.6. The molecule has 0 aliphatic rings. The monoisotopic (exact) mass is 1060 g/mol. The summed E-state index contributed by atoms with van der Waals surface area (Å²) in [4.78, 5) is 38.2. The maximum Gasteiger partial charge on any atom is 0.306 e. The Labute approximate surface area is 473 Å². The molecule has 0 saturated heterocycles. The average Bonchev–Trinajstić information content (AvgIpc) is 3.43. The summed E-state index contributed by atoms with van der Waals surface area (Å²) in [6.07, 6.45) is 92.5. The van der Waals surface area contributed by atoms with Crippen molar-refractivity contribution in [3.05, 3.63) is 158 Å². The molecule has 1 unspecified atom stereocenters. The van der Waals surface area contributed by atoms with Crippen LogP contribution in [0.5, 0.6) is 0 Å². The number of unbranched alkanes of at least 4 members (excludes halogenated alkanes) is 17. The molecule has 0 heterocycles. The molecule has 0 aromatic carbocycles. The first-order valence-corrected chi connectivity index (χ1v) is 31.0. The molecule has 0 aliphatic carbocycles. The van der Waals surface area contributed by atoms with Crippen molar-refractivity contribution in [2.75, 3.05) is 13.2 Å². The molecule has 0 spiro atoms. The Balaban J connectivity index is 4.46. The van der Waals surface area contributed by atoms with Gasteiger partial charge in [-0.25, -0.2) is 0 Å². The minimum Gasteiger partial charge on any atom is -0.462 e. The number of ether oxygens (including phenoxy) is 3. The van der Waals surface area contributed by atoms with Crippen molar-refractivity contribution in [1.82, 2.24) is 0 Å². The Bertz CT molecular complexity index is 1740. The zero-order valence-corrected chi connectivity index (χ0v) is 49.4. The average molecular weight is 1060 g/mol. The van der Waals surface area contributed by atoms with Gasteiger partial charge in [-0.05, 0) is 135 Å². The highest BCUT2D eigenvalue weighted by Gasteiger charge is 2.19. The SMILES string of the molecule is CC/C=C\C/C=C\C/C=C\C/C=C\C/C=C\C/C=C\CCCCCCCCCCC(=O)OCC(COC(=O)CCCCCCC/C=C\CCCCCC)OC(=O)CC/C=C\C/C=C\C/C=C\C/C=C\C/C=C\C/C=C\CC. The topological polar surface area (TPSA) is 78.9 Å². The van der Waals surface area contributed by atoms with Gasteiger partial charge in [-0.15, -0.1) is 0 Å². The lowest BCUT2D eigenvalue weighted by molar-refractivity contribution is -0.166. The van der Waals surface area contributed by atoms with Crippen LogP contribution in [0.2, 0.25) is 0 Å². The van der Waals surface area contributed by atoms with Gasteiger partial charge in [0, 0.05) is 19.3 Å². The molecule has 0 aromatic rings. The number of hydrogen-bond donors (Lipinski definition) is 0. The lowest BCUT2D eigenvalue weighted by atomic mass is 10.1. The van der Waals surface area contributed by atoms with E-state index in [-0.39, 0.29) is 31.6 Å². The standard InChI is InChI=1S/C71H112O6/c1-4-7-10-13-16-19-22-25-27-29-31-32-33-34-35-36-37-38-40-41-43-46-49-52-55-58-61-64-70(73)76-67-68(66-75-69(72)63-60-57-54-51-48-45-24-21-18-15-12-9-6-3)77-71(74)65-62-59-56-53-50-47-44-42-39-30-28-26-23-20-17-14-11-8-5-2/h7-8,10-11,16-17,19-21,24-28,31-32,34-35,37-39,42,47,50,56,59,68H,4-6,9,12-15,18,22-23,29-30,33,36,40-41,43-46,48-49,51-55,57-58,60-67H2,1-3H3/b10-7-,11-8-,19-16-,20-17-,24-21-,27-25-,28-26-,32-31-,35-34-,38-37-,42-39-,50-47-,59-56-. The first-order valence-electron chi connectivity index (χ1n) is 31.0. The summed E-state index contributed by atoms with van der Waals surface area (Å²) in [5, 5.41) is 0. The van der Waals surface area contributed by atoms with Gasteiger partial charge in [-0.1, -0.05) is 256 Å². The van der Waals surface area contributed by atoms with E-state index in [1.165, 1.54) is 70.6 Å². The normalized spacial score (nSPS) is 13.2. The first-order chi connectivity index (χ1) is 38.0. The van der Waals surface area contributed by atoms with Crippen molar-refractivity contribution in [3.63, 3.8) is 0 Å². The third-order valence-corrected chi connectivity index (χ3v) is 12.5. The molecular weight excluding hydrogens is 949 g/mol. The van der Waals surface area contributed by atoms with Gasteiger partial charge in [-0.3, -0.25) is 14.4 Å². The van der Waals surface area contributed by atoms with Gasteiger partial charge in [0.25, 0.3) is 0 Å². The first kappa shape index (κ1) is 72.0. The molecule has 0 N–H and O–H groups in total.